The van der Waals surface area contributed by atoms with Crippen LogP contribution < -0.4 is 0 Å². The van der Waals surface area contributed by atoms with Crippen LogP contribution in [-0.4, -0.2) is 21.5 Å². The summed E-state index contributed by atoms with van der Waals surface area (Å²) in [5, 5.41) is 0. The molecule has 17 heavy (non-hydrogen) atoms. The SMILES string of the molecule is CC(C)(C)CP(O)(=S)OP(O)(=S)OC(C)(C)C. The molecule has 0 spiro atoms. The van der Waals surface area contributed by atoms with E-state index >= 15 is 0 Å². The molecular formula is C9H22O4P2S2. The summed E-state index contributed by atoms with van der Waals surface area (Å²) >= 11 is 9.85. The molecule has 104 valence electrons. The van der Waals surface area contributed by atoms with Crippen molar-refractivity contribution in [3.8, 4) is 0 Å². The summed E-state index contributed by atoms with van der Waals surface area (Å²) < 4.78 is 10.4. The average Bonchev–Trinajstić information content (AvgIpc) is 1.65. The molecule has 0 aromatic heterocycles. The lowest BCUT2D eigenvalue weighted by molar-refractivity contribution is 0.110. The number of hydrogen-bond donors (Lipinski definition) is 2. The van der Waals surface area contributed by atoms with E-state index in [9.17, 15) is 9.79 Å². The summed E-state index contributed by atoms with van der Waals surface area (Å²) in [7, 11) is 0. The van der Waals surface area contributed by atoms with Gasteiger partial charge in [-0.3, -0.25) is 4.31 Å². The van der Waals surface area contributed by atoms with Crippen LogP contribution in [0.5, 0.6) is 0 Å². The summed E-state index contributed by atoms with van der Waals surface area (Å²) in [5.74, 6) is 0. The molecule has 2 unspecified atom stereocenters. The number of rotatable bonds is 4. The third-order valence-electron chi connectivity index (χ3n) is 1.29. The molecule has 0 radical (unpaired) electrons. The molecule has 0 saturated heterocycles. The molecule has 0 fully saturated rings. The zero-order valence-corrected chi connectivity index (χ0v) is 14.6. The highest BCUT2D eigenvalue weighted by Crippen LogP contribution is 2.63. The van der Waals surface area contributed by atoms with Crippen molar-refractivity contribution in [1.29, 1.82) is 0 Å². The Balaban J connectivity index is 4.72. The fourth-order valence-corrected chi connectivity index (χ4v) is 8.72. The van der Waals surface area contributed by atoms with E-state index in [-0.39, 0.29) is 11.6 Å². The Hall–Kier alpha value is 1.14. The first-order valence-corrected chi connectivity index (χ1v) is 10.6. The molecule has 2 atom stereocenters. The van der Waals surface area contributed by atoms with Crippen LogP contribution in [0.2, 0.25) is 0 Å². The summed E-state index contributed by atoms with van der Waals surface area (Å²) in [6, 6.07) is 0. The molecular weight excluding hydrogens is 298 g/mol. The predicted molar refractivity (Wildman–Crippen MR) is 79.3 cm³/mol. The Morgan fingerprint density at radius 1 is 1.00 bits per heavy atom. The van der Waals surface area contributed by atoms with Gasteiger partial charge in [-0.2, -0.15) is 0 Å². The Bertz CT molecular complexity index is 323. The third-order valence-corrected chi connectivity index (χ3v) is 7.08. The normalized spacial score (nSPS) is 20.7. The van der Waals surface area contributed by atoms with Crippen LogP contribution in [0.1, 0.15) is 41.5 Å². The largest absolute Gasteiger partial charge is 0.345 e. The van der Waals surface area contributed by atoms with Crippen molar-refractivity contribution in [3.63, 3.8) is 0 Å². The molecule has 4 nitrogen and oxygen atoms in total. The highest BCUT2D eigenvalue weighted by Gasteiger charge is 2.33. The van der Waals surface area contributed by atoms with Gasteiger partial charge in [0.15, 0.2) is 6.49 Å². The minimum atomic E-state index is -3.49. The van der Waals surface area contributed by atoms with Crippen LogP contribution in [0, 0.1) is 5.41 Å². The highest BCUT2D eigenvalue weighted by molar-refractivity contribution is 8.15. The van der Waals surface area contributed by atoms with E-state index in [1.54, 1.807) is 20.8 Å². The van der Waals surface area contributed by atoms with E-state index in [2.05, 4.69) is 0 Å². The fourth-order valence-electron chi connectivity index (χ4n) is 1.15. The average molecular weight is 320 g/mol. The molecule has 0 bridgehead atoms. The summed E-state index contributed by atoms with van der Waals surface area (Å²) in [6.07, 6.45) is 0.280. The smallest absolute Gasteiger partial charge is 0.330 e. The van der Waals surface area contributed by atoms with Crippen LogP contribution in [0.4, 0.5) is 0 Å². The molecule has 2 N–H and O–H groups in total. The lowest BCUT2D eigenvalue weighted by Gasteiger charge is -2.30. The Morgan fingerprint density at radius 3 is 1.71 bits per heavy atom. The quantitative estimate of drug-likeness (QED) is 0.775. The van der Waals surface area contributed by atoms with E-state index in [0.717, 1.165) is 0 Å². The third kappa shape index (κ3) is 10.7. The molecule has 0 amide bonds. The van der Waals surface area contributed by atoms with E-state index in [0.29, 0.717) is 0 Å². The second kappa shape index (κ2) is 5.64. The van der Waals surface area contributed by atoms with Gasteiger partial charge in [0.05, 0.1) is 5.60 Å². The van der Waals surface area contributed by atoms with Gasteiger partial charge < -0.3 is 14.3 Å². The maximum atomic E-state index is 10.0. The van der Waals surface area contributed by atoms with E-state index < -0.39 is 18.8 Å². The van der Waals surface area contributed by atoms with Crippen molar-refractivity contribution in [1.82, 2.24) is 0 Å². The van der Waals surface area contributed by atoms with Crippen molar-refractivity contribution >= 4 is 36.8 Å². The summed E-state index contributed by atoms with van der Waals surface area (Å²) in [5.41, 5.74) is -0.831. The topological polar surface area (TPSA) is 58.9 Å². The fraction of sp³-hybridized carbons (Fsp3) is 1.00. The molecule has 0 aromatic carbocycles. The van der Waals surface area contributed by atoms with Crippen molar-refractivity contribution < 1.29 is 18.6 Å². The van der Waals surface area contributed by atoms with Crippen molar-refractivity contribution in [2.75, 3.05) is 6.16 Å². The molecule has 8 heteroatoms. The molecule has 0 aliphatic rings. The standard InChI is InChI=1S/C9H22O4P2S2/c1-8(2,3)7-14(10,16)13-15(11,17)12-9(4,5)6/h7H2,1-6H3,(H,10,16)(H,11,17). The van der Waals surface area contributed by atoms with Crippen molar-refractivity contribution in [2.45, 2.75) is 47.1 Å². The second-order valence-corrected chi connectivity index (χ2v) is 12.6. The van der Waals surface area contributed by atoms with Crippen molar-refractivity contribution in [3.05, 3.63) is 0 Å². The van der Waals surface area contributed by atoms with Gasteiger partial charge in [0.25, 0.3) is 0 Å². The van der Waals surface area contributed by atoms with Crippen LogP contribution in [0.15, 0.2) is 0 Å². The summed E-state index contributed by atoms with van der Waals surface area (Å²) in [6.45, 7) is 4.42. The van der Waals surface area contributed by atoms with Crippen LogP contribution in [-0.2, 0) is 32.4 Å². The van der Waals surface area contributed by atoms with Gasteiger partial charge in [0.2, 0.25) is 0 Å². The molecule has 0 aliphatic carbocycles. The van der Waals surface area contributed by atoms with Gasteiger partial charge in [-0.25, -0.2) is 0 Å². The maximum Gasteiger partial charge on any atom is 0.330 e. The minimum Gasteiger partial charge on any atom is -0.345 e. The first-order chi connectivity index (χ1) is 7.12. The van der Waals surface area contributed by atoms with Crippen LogP contribution in [0.3, 0.4) is 0 Å². The van der Waals surface area contributed by atoms with Crippen LogP contribution >= 0.6 is 13.2 Å². The Kier molecular flexibility index (Phi) is 6.02. The summed E-state index contributed by atoms with van der Waals surface area (Å²) in [4.78, 5) is 19.9. The van der Waals surface area contributed by atoms with Gasteiger partial charge in [-0.1, -0.05) is 20.8 Å². The van der Waals surface area contributed by atoms with Gasteiger partial charge in [0.1, 0.15) is 0 Å². The lowest BCUT2D eigenvalue weighted by atomic mass is 10.0. The lowest BCUT2D eigenvalue weighted by Crippen LogP contribution is -2.18. The van der Waals surface area contributed by atoms with Gasteiger partial charge in [-0.15, -0.1) is 0 Å². The zero-order chi connectivity index (χ0) is 14.1. The molecule has 0 rings (SSSR count). The monoisotopic (exact) mass is 320 g/mol. The molecule has 0 saturated carbocycles. The van der Waals surface area contributed by atoms with Crippen molar-refractivity contribution in [2.24, 2.45) is 5.41 Å². The Morgan fingerprint density at radius 2 is 1.41 bits per heavy atom. The predicted octanol–water partition coefficient (Wildman–Crippen LogP) is 3.38. The second-order valence-electron chi connectivity index (χ2n) is 6.11. The van der Waals surface area contributed by atoms with E-state index in [4.69, 9.17) is 32.4 Å². The Labute approximate surface area is 114 Å². The molecule has 0 aromatic rings. The molecule has 0 heterocycles. The highest BCUT2D eigenvalue weighted by atomic mass is 32.5. The van der Waals surface area contributed by atoms with E-state index in [1.165, 1.54) is 0 Å². The molecule has 0 aliphatic heterocycles. The van der Waals surface area contributed by atoms with Gasteiger partial charge in [0, 0.05) is 6.16 Å². The number of hydrogen-bond acceptors (Lipinski definition) is 4. The first-order valence-electron chi connectivity index (χ1n) is 5.19. The maximum absolute atomic E-state index is 10.0. The minimum absolute atomic E-state index is 0.193. The van der Waals surface area contributed by atoms with Gasteiger partial charge >= 0.3 is 6.72 Å². The zero-order valence-electron chi connectivity index (χ0n) is 11.1. The van der Waals surface area contributed by atoms with Gasteiger partial charge in [-0.05, 0) is 49.8 Å². The van der Waals surface area contributed by atoms with E-state index in [1.807, 2.05) is 20.8 Å². The first kappa shape index (κ1) is 18.1. The van der Waals surface area contributed by atoms with Crippen LogP contribution in [0.25, 0.3) is 0 Å².